The molecule has 0 aliphatic carbocycles. The van der Waals surface area contributed by atoms with Gasteiger partial charge < -0.3 is 14.2 Å². The van der Waals surface area contributed by atoms with Crippen LogP contribution in [0.1, 0.15) is 33.4 Å². The number of aryl methyl sites for hydroxylation is 1. The van der Waals surface area contributed by atoms with Gasteiger partial charge in [0.2, 0.25) is 0 Å². The van der Waals surface area contributed by atoms with Crippen LogP contribution in [0.4, 0.5) is 5.69 Å². The molecule has 0 saturated carbocycles. The van der Waals surface area contributed by atoms with Crippen LogP contribution in [0.3, 0.4) is 0 Å². The van der Waals surface area contributed by atoms with Crippen LogP contribution < -0.4 is 4.90 Å². The lowest BCUT2D eigenvalue weighted by Gasteiger charge is -2.35. The maximum absolute atomic E-state index is 12.8. The Morgan fingerprint density at radius 2 is 1.63 bits per heavy atom. The number of rotatable bonds is 3. The van der Waals surface area contributed by atoms with Crippen molar-refractivity contribution >= 4 is 28.3 Å². The molecule has 2 aromatic carbocycles. The first kappa shape index (κ1) is 17.3. The number of anilines is 1. The van der Waals surface area contributed by atoms with Crippen molar-refractivity contribution in [1.29, 1.82) is 0 Å². The minimum atomic E-state index is -0.0598. The summed E-state index contributed by atoms with van der Waals surface area (Å²) in [5.41, 5.74) is 3.68. The topological polar surface area (TPSA) is 53.8 Å². The van der Waals surface area contributed by atoms with Crippen molar-refractivity contribution in [3.05, 3.63) is 65.4 Å². The lowest BCUT2D eigenvalue weighted by molar-refractivity contribution is 0.0717. The second-order valence-electron chi connectivity index (χ2n) is 7.03. The number of benzene rings is 2. The zero-order valence-corrected chi connectivity index (χ0v) is 15.6. The van der Waals surface area contributed by atoms with Gasteiger partial charge in [-0.3, -0.25) is 9.59 Å². The van der Waals surface area contributed by atoms with Gasteiger partial charge in [0.15, 0.2) is 11.5 Å². The molecule has 1 saturated heterocycles. The molecule has 5 nitrogen and oxygen atoms in total. The van der Waals surface area contributed by atoms with Crippen molar-refractivity contribution in [3.63, 3.8) is 0 Å². The smallest absolute Gasteiger partial charge is 0.289 e. The van der Waals surface area contributed by atoms with E-state index in [1.54, 1.807) is 6.92 Å². The number of piperazine rings is 1. The van der Waals surface area contributed by atoms with Crippen LogP contribution in [-0.4, -0.2) is 42.8 Å². The second kappa shape index (κ2) is 6.91. The highest BCUT2D eigenvalue weighted by Crippen LogP contribution is 2.23. The van der Waals surface area contributed by atoms with E-state index in [1.807, 2.05) is 60.4 Å². The number of hydrogen-bond donors (Lipinski definition) is 0. The molecule has 0 spiro atoms. The number of hydrogen-bond acceptors (Lipinski definition) is 4. The Hall–Kier alpha value is -3.08. The van der Waals surface area contributed by atoms with Gasteiger partial charge in [-0.2, -0.15) is 0 Å². The quantitative estimate of drug-likeness (QED) is 0.663. The Bertz CT molecular complexity index is 996. The number of fused-ring (bicyclic) bond motifs is 1. The molecular weight excluding hydrogens is 340 g/mol. The van der Waals surface area contributed by atoms with Crippen LogP contribution in [0, 0.1) is 6.92 Å². The van der Waals surface area contributed by atoms with E-state index in [1.165, 1.54) is 0 Å². The van der Waals surface area contributed by atoms with Crippen LogP contribution >= 0.6 is 0 Å². The molecule has 1 amide bonds. The number of Topliss-reactive ketones (excluding diaryl/α,β-unsaturated/α-hetero) is 1. The van der Waals surface area contributed by atoms with Crippen LogP contribution in [0.5, 0.6) is 0 Å². The summed E-state index contributed by atoms with van der Waals surface area (Å²) in [7, 11) is 0. The normalized spacial score (nSPS) is 14.6. The molecule has 1 aliphatic heterocycles. The predicted octanol–water partition coefficient (Wildman–Crippen LogP) is 3.91. The van der Waals surface area contributed by atoms with E-state index in [0.717, 1.165) is 35.3 Å². The third-order valence-electron chi connectivity index (χ3n) is 5.09. The number of nitrogens with zero attached hydrogens (tertiary/aromatic N) is 2. The molecule has 4 rings (SSSR count). The van der Waals surface area contributed by atoms with Gasteiger partial charge in [-0.15, -0.1) is 0 Å². The van der Waals surface area contributed by atoms with Crippen molar-refractivity contribution in [3.8, 4) is 0 Å². The molecular formula is C22H22N2O3. The fourth-order valence-corrected chi connectivity index (χ4v) is 3.50. The van der Waals surface area contributed by atoms with Crippen LogP contribution in [-0.2, 0) is 0 Å². The zero-order chi connectivity index (χ0) is 19.0. The minimum Gasteiger partial charge on any atom is -0.451 e. The van der Waals surface area contributed by atoms with E-state index >= 15 is 0 Å². The molecule has 0 N–H and O–H groups in total. The molecule has 5 heteroatoms. The highest BCUT2D eigenvalue weighted by atomic mass is 16.3. The average Bonchev–Trinajstić information content (AvgIpc) is 3.11. The monoisotopic (exact) mass is 362 g/mol. The fraction of sp³-hybridized carbons (Fsp3) is 0.273. The molecule has 1 aromatic heterocycles. The van der Waals surface area contributed by atoms with Crippen molar-refractivity contribution in [2.24, 2.45) is 0 Å². The summed E-state index contributed by atoms with van der Waals surface area (Å²) in [5, 5.41) is 0.961. The van der Waals surface area contributed by atoms with Gasteiger partial charge in [0.1, 0.15) is 5.58 Å². The van der Waals surface area contributed by atoms with E-state index in [9.17, 15) is 9.59 Å². The molecule has 0 radical (unpaired) electrons. The third-order valence-corrected chi connectivity index (χ3v) is 5.09. The molecule has 3 aromatic rings. The molecule has 1 aliphatic rings. The molecule has 27 heavy (non-hydrogen) atoms. The van der Waals surface area contributed by atoms with Gasteiger partial charge in [0.25, 0.3) is 5.91 Å². The number of ketones is 1. The first-order chi connectivity index (χ1) is 13.0. The molecule has 1 fully saturated rings. The average molecular weight is 362 g/mol. The first-order valence-electron chi connectivity index (χ1n) is 9.17. The van der Waals surface area contributed by atoms with Gasteiger partial charge in [0.05, 0.1) is 0 Å². The molecule has 2 heterocycles. The third kappa shape index (κ3) is 3.45. The van der Waals surface area contributed by atoms with E-state index in [-0.39, 0.29) is 11.7 Å². The molecule has 138 valence electrons. The second-order valence-corrected chi connectivity index (χ2v) is 7.03. The summed E-state index contributed by atoms with van der Waals surface area (Å²) in [6, 6.07) is 15.4. The summed E-state index contributed by atoms with van der Waals surface area (Å²) in [4.78, 5) is 28.3. The Kier molecular flexibility index (Phi) is 4.44. The van der Waals surface area contributed by atoms with E-state index in [0.29, 0.717) is 24.4 Å². The maximum atomic E-state index is 12.8. The van der Waals surface area contributed by atoms with Crippen LogP contribution in [0.15, 0.2) is 52.9 Å². The largest absolute Gasteiger partial charge is 0.451 e. The van der Waals surface area contributed by atoms with Crippen LogP contribution in [0.25, 0.3) is 11.0 Å². The molecule has 0 bridgehead atoms. The minimum absolute atomic E-state index is 0.0598. The standard InChI is InChI=1S/C22H22N2O3/c1-15-3-8-20-18(13-15)14-21(27-20)22(26)24-11-9-23(10-12-24)19-6-4-17(5-7-19)16(2)25/h3-8,13-14H,9-12H2,1-2H3. The van der Waals surface area contributed by atoms with Gasteiger partial charge in [-0.25, -0.2) is 0 Å². The summed E-state index contributed by atoms with van der Waals surface area (Å²) in [6.45, 7) is 6.39. The summed E-state index contributed by atoms with van der Waals surface area (Å²) >= 11 is 0. The lowest BCUT2D eigenvalue weighted by atomic mass is 10.1. The zero-order valence-electron chi connectivity index (χ0n) is 15.6. The van der Waals surface area contributed by atoms with Gasteiger partial charge in [-0.1, -0.05) is 11.6 Å². The number of carbonyl (C=O) groups excluding carboxylic acids is 2. The number of amides is 1. The number of carbonyl (C=O) groups is 2. The fourth-order valence-electron chi connectivity index (χ4n) is 3.50. The Morgan fingerprint density at radius 3 is 2.30 bits per heavy atom. The molecule has 0 unspecified atom stereocenters. The van der Waals surface area contributed by atoms with E-state index in [4.69, 9.17) is 4.42 Å². The summed E-state index contributed by atoms with van der Waals surface area (Å²) < 4.78 is 5.75. The Balaban J connectivity index is 1.43. The highest BCUT2D eigenvalue weighted by molar-refractivity contribution is 5.96. The van der Waals surface area contributed by atoms with Crippen molar-refractivity contribution in [1.82, 2.24) is 4.90 Å². The Morgan fingerprint density at radius 1 is 0.926 bits per heavy atom. The van der Waals surface area contributed by atoms with Crippen molar-refractivity contribution < 1.29 is 14.0 Å². The van der Waals surface area contributed by atoms with Crippen molar-refractivity contribution in [2.75, 3.05) is 31.1 Å². The van der Waals surface area contributed by atoms with Gasteiger partial charge >= 0.3 is 0 Å². The predicted molar refractivity (Wildman–Crippen MR) is 106 cm³/mol. The van der Waals surface area contributed by atoms with Gasteiger partial charge in [-0.05, 0) is 56.3 Å². The summed E-state index contributed by atoms with van der Waals surface area (Å²) in [6.07, 6.45) is 0. The number of furan rings is 1. The van der Waals surface area contributed by atoms with E-state index in [2.05, 4.69) is 4.90 Å². The maximum Gasteiger partial charge on any atom is 0.289 e. The van der Waals surface area contributed by atoms with Crippen LogP contribution in [0.2, 0.25) is 0 Å². The van der Waals surface area contributed by atoms with Crippen molar-refractivity contribution in [2.45, 2.75) is 13.8 Å². The highest BCUT2D eigenvalue weighted by Gasteiger charge is 2.24. The SMILES string of the molecule is CC(=O)c1ccc(N2CCN(C(=O)c3cc4cc(C)ccc4o3)CC2)cc1. The molecule has 0 atom stereocenters. The van der Waals surface area contributed by atoms with Gasteiger partial charge in [0, 0.05) is 42.8 Å². The first-order valence-corrected chi connectivity index (χ1v) is 9.17. The lowest BCUT2D eigenvalue weighted by Crippen LogP contribution is -2.48. The summed E-state index contributed by atoms with van der Waals surface area (Å²) in [5.74, 6) is 0.406. The Labute approximate surface area is 158 Å². The van der Waals surface area contributed by atoms with E-state index < -0.39 is 0 Å².